The van der Waals surface area contributed by atoms with Crippen molar-refractivity contribution in [1.29, 1.82) is 0 Å². The maximum Gasteiger partial charge on any atom is 0.221 e. The minimum atomic E-state index is -0.0830. The van der Waals surface area contributed by atoms with Crippen LogP contribution in [0.1, 0.15) is 47.3 Å². The summed E-state index contributed by atoms with van der Waals surface area (Å²) < 4.78 is 0. The van der Waals surface area contributed by atoms with Crippen LogP contribution in [0, 0.1) is 0 Å². The van der Waals surface area contributed by atoms with Gasteiger partial charge in [0, 0.05) is 34.6 Å². The number of rotatable bonds is 4. The standard InChI is InChI=1S/C21H22N2O/c1-14(21(24)18-13-22-19-11-5-4-10-17(18)19)23-20-12-6-8-15-7-2-3-9-16(15)20/h2-5,7,9-11,13-14,20,22-23H,6,8,12H2,1H3/p+1/t14-,20-/m0/s1. The molecule has 24 heavy (non-hydrogen) atoms. The van der Waals surface area contributed by atoms with Crippen LogP contribution in [0.4, 0.5) is 0 Å². The highest BCUT2D eigenvalue weighted by atomic mass is 16.1. The van der Waals surface area contributed by atoms with Gasteiger partial charge in [-0.1, -0.05) is 42.5 Å². The Hall–Kier alpha value is -2.39. The average molecular weight is 319 g/mol. The van der Waals surface area contributed by atoms with Crippen LogP contribution in [-0.2, 0) is 6.42 Å². The van der Waals surface area contributed by atoms with Gasteiger partial charge in [0.2, 0.25) is 5.78 Å². The van der Waals surface area contributed by atoms with Gasteiger partial charge in [0.05, 0.1) is 0 Å². The molecule has 1 aliphatic rings. The van der Waals surface area contributed by atoms with Crippen molar-refractivity contribution >= 4 is 16.7 Å². The normalized spacial score (nSPS) is 18.3. The Balaban J connectivity index is 1.57. The van der Waals surface area contributed by atoms with Crippen LogP contribution in [-0.4, -0.2) is 16.8 Å². The molecule has 3 N–H and O–H groups in total. The summed E-state index contributed by atoms with van der Waals surface area (Å²) >= 11 is 0. The number of aromatic amines is 1. The topological polar surface area (TPSA) is 49.5 Å². The largest absolute Gasteiger partial charge is 0.360 e. The van der Waals surface area contributed by atoms with Gasteiger partial charge in [-0.05, 0) is 31.4 Å². The van der Waals surface area contributed by atoms with Crippen LogP contribution >= 0.6 is 0 Å². The number of quaternary nitrogens is 1. The third-order valence-electron chi connectivity index (χ3n) is 5.21. The first-order valence-electron chi connectivity index (χ1n) is 8.77. The summed E-state index contributed by atoms with van der Waals surface area (Å²) in [5.74, 6) is 0.204. The van der Waals surface area contributed by atoms with E-state index in [4.69, 9.17) is 0 Å². The molecule has 0 aliphatic heterocycles. The van der Waals surface area contributed by atoms with Gasteiger partial charge >= 0.3 is 0 Å². The van der Waals surface area contributed by atoms with Crippen molar-refractivity contribution in [3.63, 3.8) is 0 Å². The fourth-order valence-corrected chi connectivity index (χ4v) is 3.95. The fraction of sp³-hybridized carbons (Fsp3) is 0.286. The molecule has 0 saturated carbocycles. The Morgan fingerprint density at radius 3 is 2.88 bits per heavy atom. The Labute approximate surface area is 142 Å². The van der Waals surface area contributed by atoms with Crippen molar-refractivity contribution in [1.82, 2.24) is 4.98 Å². The lowest BCUT2D eigenvalue weighted by Gasteiger charge is -2.25. The molecule has 0 fully saturated rings. The Bertz CT molecular complexity index is 880. The van der Waals surface area contributed by atoms with E-state index in [1.807, 2.05) is 37.4 Å². The number of nitrogens with one attached hydrogen (secondary N) is 1. The molecule has 2 aromatic carbocycles. The SMILES string of the molecule is C[C@H]([NH2+][C@H]1CCCc2ccccc21)C(=O)c1c[nH]c2ccccc12. The first-order chi connectivity index (χ1) is 11.7. The van der Waals surface area contributed by atoms with E-state index in [1.165, 1.54) is 17.5 Å². The van der Waals surface area contributed by atoms with Crippen molar-refractivity contribution in [2.45, 2.75) is 38.3 Å². The molecule has 0 amide bonds. The van der Waals surface area contributed by atoms with E-state index >= 15 is 0 Å². The summed E-state index contributed by atoms with van der Waals surface area (Å²) in [6.45, 7) is 2.03. The van der Waals surface area contributed by atoms with Crippen molar-refractivity contribution in [3.8, 4) is 0 Å². The van der Waals surface area contributed by atoms with Gasteiger partial charge in [0.1, 0.15) is 12.1 Å². The number of carbonyl (C=O) groups excluding carboxylic acids is 1. The number of aryl methyl sites for hydroxylation is 1. The van der Waals surface area contributed by atoms with Gasteiger partial charge < -0.3 is 10.3 Å². The number of benzene rings is 2. The molecule has 4 rings (SSSR count). The van der Waals surface area contributed by atoms with E-state index in [9.17, 15) is 4.79 Å². The Morgan fingerprint density at radius 1 is 1.17 bits per heavy atom. The van der Waals surface area contributed by atoms with Crippen LogP contribution in [0.2, 0.25) is 0 Å². The number of H-pyrrole nitrogens is 1. The smallest absolute Gasteiger partial charge is 0.221 e. The van der Waals surface area contributed by atoms with Crippen molar-refractivity contribution in [3.05, 3.63) is 71.4 Å². The number of hydrogen-bond donors (Lipinski definition) is 2. The molecule has 122 valence electrons. The molecule has 3 heteroatoms. The number of Topliss-reactive ketones (excluding diaryl/α,β-unsaturated/α-hetero) is 1. The Morgan fingerprint density at radius 2 is 1.96 bits per heavy atom. The van der Waals surface area contributed by atoms with E-state index in [2.05, 4.69) is 34.6 Å². The lowest BCUT2D eigenvalue weighted by molar-refractivity contribution is -0.713. The van der Waals surface area contributed by atoms with Crippen molar-refractivity contribution in [2.75, 3.05) is 0 Å². The lowest BCUT2D eigenvalue weighted by Crippen LogP contribution is -2.92. The van der Waals surface area contributed by atoms with Crippen LogP contribution in [0.3, 0.4) is 0 Å². The molecule has 1 aromatic heterocycles. The molecule has 3 aromatic rings. The maximum absolute atomic E-state index is 13.0. The van der Waals surface area contributed by atoms with Gasteiger partial charge in [0.15, 0.2) is 0 Å². The first-order valence-corrected chi connectivity index (χ1v) is 8.77. The number of nitrogens with two attached hydrogens (primary N) is 1. The monoisotopic (exact) mass is 319 g/mol. The third-order valence-corrected chi connectivity index (χ3v) is 5.21. The predicted octanol–water partition coefficient (Wildman–Crippen LogP) is 3.38. The molecular formula is C21H23N2O+. The molecule has 0 bridgehead atoms. The number of fused-ring (bicyclic) bond motifs is 2. The molecule has 0 unspecified atom stereocenters. The zero-order valence-corrected chi connectivity index (χ0v) is 14.0. The number of carbonyl (C=O) groups is 1. The van der Waals surface area contributed by atoms with E-state index in [0.29, 0.717) is 6.04 Å². The highest BCUT2D eigenvalue weighted by Gasteiger charge is 2.28. The van der Waals surface area contributed by atoms with Crippen LogP contribution < -0.4 is 5.32 Å². The number of ketones is 1. The second-order valence-corrected chi connectivity index (χ2v) is 6.79. The minimum Gasteiger partial charge on any atom is -0.360 e. The minimum absolute atomic E-state index is 0.0830. The highest BCUT2D eigenvalue weighted by molar-refractivity contribution is 6.09. The lowest BCUT2D eigenvalue weighted by atomic mass is 9.87. The average Bonchev–Trinajstić information content (AvgIpc) is 3.05. The zero-order chi connectivity index (χ0) is 16.5. The second kappa shape index (κ2) is 6.25. The first kappa shape index (κ1) is 15.2. The van der Waals surface area contributed by atoms with E-state index in [-0.39, 0.29) is 11.8 Å². The van der Waals surface area contributed by atoms with Crippen LogP contribution in [0.15, 0.2) is 54.7 Å². The molecule has 0 saturated heterocycles. The summed E-state index contributed by atoms with van der Waals surface area (Å²) in [5, 5.41) is 3.27. The summed E-state index contributed by atoms with van der Waals surface area (Å²) in [6.07, 6.45) is 5.35. The van der Waals surface area contributed by atoms with Gasteiger partial charge in [-0.2, -0.15) is 0 Å². The van der Waals surface area contributed by atoms with Gasteiger partial charge in [-0.25, -0.2) is 0 Å². The number of hydrogen-bond acceptors (Lipinski definition) is 1. The van der Waals surface area contributed by atoms with Crippen LogP contribution in [0.25, 0.3) is 10.9 Å². The Kier molecular flexibility index (Phi) is 3.95. The molecular weight excluding hydrogens is 296 g/mol. The van der Waals surface area contributed by atoms with E-state index < -0.39 is 0 Å². The van der Waals surface area contributed by atoms with Crippen molar-refractivity contribution < 1.29 is 10.1 Å². The summed E-state index contributed by atoms with van der Waals surface area (Å²) in [6, 6.07) is 17.0. The van der Waals surface area contributed by atoms with Crippen LogP contribution in [0.5, 0.6) is 0 Å². The van der Waals surface area contributed by atoms with Gasteiger partial charge in [-0.15, -0.1) is 0 Å². The summed E-state index contributed by atoms with van der Waals surface area (Å²) in [5.41, 5.74) is 4.67. The second-order valence-electron chi connectivity index (χ2n) is 6.79. The quantitative estimate of drug-likeness (QED) is 0.712. The molecule has 1 heterocycles. The molecule has 1 aliphatic carbocycles. The maximum atomic E-state index is 13.0. The number of aromatic nitrogens is 1. The fourth-order valence-electron chi connectivity index (χ4n) is 3.95. The van der Waals surface area contributed by atoms with Gasteiger partial charge in [-0.3, -0.25) is 4.79 Å². The summed E-state index contributed by atoms with van der Waals surface area (Å²) in [7, 11) is 0. The predicted molar refractivity (Wildman–Crippen MR) is 96.1 cm³/mol. The summed E-state index contributed by atoms with van der Waals surface area (Å²) in [4.78, 5) is 16.2. The molecule has 3 nitrogen and oxygen atoms in total. The van der Waals surface area contributed by atoms with Crippen molar-refractivity contribution in [2.24, 2.45) is 0 Å². The molecule has 2 atom stereocenters. The molecule has 0 radical (unpaired) electrons. The van der Waals surface area contributed by atoms with Gasteiger partial charge in [0.25, 0.3) is 0 Å². The highest BCUT2D eigenvalue weighted by Crippen LogP contribution is 2.27. The third kappa shape index (κ3) is 2.65. The zero-order valence-electron chi connectivity index (χ0n) is 14.0. The van der Waals surface area contributed by atoms with E-state index in [1.54, 1.807) is 0 Å². The molecule has 0 spiro atoms. The number of para-hydroxylation sites is 1. The van der Waals surface area contributed by atoms with E-state index in [0.717, 1.165) is 29.3 Å².